The van der Waals surface area contributed by atoms with E-state index >= 15 is 0 Å². The first kappa shape index (κ1) is 15.8. The molecule has 0 bridgehead atoms. The molecular weight excluding hydrogens is 260 g/mol. The van der Waals surface area contributed by atoms with Gasteiger partial charge in [0.05, 0.1) is 0 Å². The van der Waals surface area contributed by atoms with Gasteiger partial charge in [-0.05, 0) is 36.3 Å². The van der Waals surface area contributed by atoms with Gasteiger partial charge in [0, 0.05) is 18.7 Å². The molecule has 0 atom stereocenters. The van der Waals surface area contributed by atoms with E-state index in [1.165, 1.54) is 19.3 Å². The number of carbonyl (C=O) groups excluding carboxylic acids is 1. The van der Waals surface area contributed by atoms with Crippen LogP contribution in [0.4, 0.5) is 5.69 Å². The number of hydrogen-bond acceptors (Lipinski definition) is 2. The van der Waals surface area contributed by atoms with Crippen LogP contribution in [-0.2, 0) is 11.2 Å². The minimum Gasteiger partial charge on any atom is -0.399 e. The van der Waals surface area contributed by atoms with Gasteiger partial charge in [0.25, 0.3) is 0 Å². The SMILES string of the molecule is CC1(CNC(=O)CCc2ccccc2N)CCC1.Cl. The third-order valence-corrected chi connectivity index (χ3v) is 3.95. The van der Waals surface area contributed by atoms with Crippen molar-refractivity contribution in [3.63, 3.8) is 0 Å². The molecule has 0 radical (unpaired) electrons. The molecule has 1 aromatic rings. The summed E-state index contributed by atoms with van der Waals surface area (Å²) in [5.74, 6) is 0.131. The van der Waals surface area contributed by atoms with Gasteiger partial charge in [0.15, 0.2) is 0 Å². The summed E-state index contributed by atoms with van der Waals surface area (Å²) in [6, 6.07) is 7.73. The highest BCUT2D eigenvalue weighted by atomic mass is 35.5. The van der Waals surface area contributed by atoms with Gasteiger partial charge in [-0.15, -0.1) is 12.4 Å². The second kappa shape index (κ2) is 6.80. The molecular formula is C15H23ClN2O. The minimum atomic E-state index is 0. The number of nitrogens with one attached hydrogen (secondary N) is 1. The Bertz CT molecular complexity index is 430. The molecule has 1 amide bonds. The van der Waals surface area contributed by atoms with E-state index in [-0.39, 0.29) is 18.3 Å². The third-order valence-electron chi connectivity index (χ3n) is 3.95. The zero-order valence-electron chi connectivity index (χ0n) is 11.4. The molecule has 1 saturated carbocycles. The molecule has 0 heterocycles. The summed E-state index contributed by atoms with van der Waals surface area (Å²) in [4.78, 5) is 11.8. The second-order valence-corrected chi connectivity index (χ2v) is 5.64. The van der Waals surface area contributed by atoms with E-state index in [4.69, 9.17) is 5.73 Å². The maximum absolute atomic E-state index is 11.8. The van der Waals surface area contributed by atoms with Crippen molar-refractivity contribution >= 4 is 24.0 Å². The van der Waals surface area contributed by atoms with Crippen LogP contribution in [0.15, 0.2) is 24.3 Å². The molecule has 0 unspecified atom stereocenters. The first-order valence-corrected chi connectivity index (χ1v) is 6.69. The number of rotatable bonds is 5. The van der Waals surface area contributed by atoms with Crippen LogP contribution in [-0.4, -0.2) is 12.5 Å². The van der Waals surface area contributed by atoms with Crippen molar-refractivity contribution < 1.29 is 4.79 Å². The van der Waals surface area contributed by atoms with Gasteiger partial charge < -0.3 is 11.1 Å². The van der Waals surface area contributed by atoms with Crippen molar-refractivity contribution in [2.45, 2.75) is 39.0 Å². The first-order valence-electron chi connectivity index (χ1n) is 6.69. The van der Waals surface area contributed by atoms with E-state index in [1.807, 2.05) is 24.3 Å². The number of nitrogens with two attached hydrogens (primary N) is 1. The van der Waals surface area contributed by atoms with E-state index < -0.39 is 0 Å². The average Bonchev–Trinajstić information content (AvgIpc) is 2.33. The summed E-state index contributed by atoms with van der Waals surface area (Å²) in [5.41, 5.74) is 8.03. The molecule has 0 saturated heterocycles. The van der Waals surface area contributed by atoms with Gasteiger partial charge in [-0.1, -0.05) is 31.5 Å². The summed E-state index contributed by atoms with van der Waals surface area (Å²) in [6.07, 6.45) is 5.00. The maximum atomic E-state index is 11.8. The first-order chi connectivity index (χ1) is 8.59. The van der Waals surface area contributed by atoms with Crippen molar-refractivity contribution in [1.82, 2.24) is 5.32 Å². The highest BCUT2D eigenvalue weighted by molar-refractivity contribution is 5.85. The van der Waals surface area contributed by atoms with Crippen molar-refractivity contribution in [2.24, 2.45) is 5.41 Å². The zero-order chi connectivity index (χ0) is 13.0. The minimum absolute atomic E-state index is 0. The third kappa shape index (κ3) is 4.43. The standard InChI is InChI=1S/C15H22N2O.ClH/c1-15(9-4-10-15)11-17-14(18)8-7-12-5-2-3-6-13(12)16;/h2-3,5-6H,4,7-11,16H2,1H3,(H,17,18);1H. The molecule has 0 spiro atoms. The van der Waals surface area contributed by atoms with Gasteiger partial charge in [0.1, 0.15) is 0 Å². The second-order valence-electron chi connectivity index (χ2n) is 5.64. The lowest BCUT2D eigenvalue weighted by atomic mass is 9.70. The van der Waals surface area contributed by atoms with Crippen LogP contribution < -0.4 is 11.1 Å². The smallest absolute Gasteiger partial charge is 0.220 e. The van der Waals surface area contributed by atoms with Crippen LogP contribution in [0.5, 0.6) is 0 Å². The molecule has 106 valence electrons. The predicted molar refractivity (Wildman–Crippen MR) is 81.4 cm³/mol. The number of hydrogen-bond donors (Lipinski definition) is 2. The Morgan fingerprint density at radius 2 is 2.05 bits per heavy atom. The molecule has 1 aromatic carbocycles. The van der Waals surface area contributed by atoms with Crippen molar-refractivity contribution in [1.29, 1.82) is 0 Å². The topological polar surface area (TPSA) is 55.1 Å². The Morgan fingerprint density at radius 1 is 1.37 bits per heavy atom. The van der Waals surface area contributed by atoms with E-state index in [9.17, 15) is 4.79 Å². The Morgan fingerprint density at radius 3 is 2.63 bits per heavy atom. The fraction of sp³-hybridized carbons (Fsp3) is 0.533. The lowest BCUT2D eigenvalue weighted by Gasteiger charge is -2.38. The van der Waals surface area contributed by atoms with Crippen LogP contribution in [0, 0.1) is 5.41 Å². The Balaban J connectivity index is 0.00000180. The van der Waals surface area contributed by atoms with Gasteiger partial charge in [-0.2, -0.15) is 0 Å². The lowest BCUT2D eigenvalue weighted by Crippen LogP contribution is -2.40. The fourth-order valence-electron chi connectivity index (χ4n) is 2.37. The van der Waals surface area contributed by atoms with E-state index in [1.54, 1.807) is 0 Å². The van der Waals surface area contributed by atoms with Crippen molar-refractivity contribution in [3.8, 4) is 0 Å². The quantitative estimate of drug-likeness (QED) is 0.816. The molecule has 3 nitrogen and oxygen atoms in total. The van der Waals surface area contributed by atoms with E-state index in [2.05, 4.69) is 12.2 Å². The predicted octanol–water partition coefficient (Wildman–Crippen LogP) is 2.93. The molecule has 4 heteroatoms. The van der Waals surface area contributed by atoms with Crippen molar-refractivity contribution in [3.05, 3.63) is 29.8 Å². The van der Waals surface area contributed by atoms with Crippen molar-refractivity contribution in [2.75, 3.05) is 12.3 Å². The largest absolute Gasteiger partial charge is 0.399 e. The van der Waals surface area contributed by atoms with Crippen LogP contribution in [0.25, 0.3) is 0 Å². The summed E-state index contributed by atoms with van der Waals surface area (Å²) in [6.45, 7) is 3.06. The molecule has 1 fully saturated rings. The molecule has 1 aliphatic rings. The number of anilines is 1. The highest BCUT2D eigenvalue weighted by Crippen LogP contribution is 2.39. The van der Waals surface area contributed by atoms with E-state index in [0.29, 0.717) is 11.8 Å². The average molecular weight is 283 g/mol. The Hall–Kier alpha value is -1.22. The van der Waals surface area contributed by atoms with Gasteiger partial charge in [-0.3, -0.25) is 4.79 Å². The summed E-state index contributed by atoms with van der Waals surface area (Å²) in [7, 11) is 0. The van der Waals surface area contributed by atoms with Gasteiger partial charge in [0.2, 0.25) is 5.91 Å². The molecule has 1 aliphatic carbocycles. The van der Waals surface area contributed by atoms with Crippen LogP contribution in [0.3, 0.4) is 0 Å². The summed E-state index contributed by atoms with van der Waals surface area (Å²) < 4.78 is 0. The van der Waals surface area contributed by atoms with Crippen LogP contribution in [0.1, 0.15) is 38.2 Å². The summed E-state index contributed by atoms with van der Waals surface area (Å²) in [5, 5.41) is 3.04. The Labute approximate surface area is 121 Å². The Kier molecular flexibility index (Phi) is 5.67. The van der Waals surface area contributed by atoms with Gasteiger partial charge >= 0.3 is 0 Å². The number of aryl methyl sites for hydroxylation is 1. The maximum Gasteiger partial charge on any atom is 0.220 e. The monoisotopic (exact) mass is 282 g/mol. The molecule has 0 aromatic heterocycles. The summed E-state index contributed by atoms with van der Waals surface area (Å²) >= 11 is 0. The zero-order valence-corrected chi connectivity index (χ0v) is 12.3. The lowest BCUT2D eigenvalue weighted by molar-refractivity contribution is -0.121. The number of carbonyl (C=O) groups is 1. The van der Waals surface area contributed by atoms with Gasteiger partial charge in [-0.25, -0.2) is 0 Å². The van der Waals surface area contributed by atoms with Crippen LogP contribution >= 0.6 is 12.4 Å². The highest BCUT2D eigenvalue weighted by Gasteiger charge is 2.31. The molecule has 3 N–H and O–H groups in total. The number of para-hydroxylation sites is 1. The normalized spacial score (nSPS) is 16.1. The fourth-order valence-corrected chi connectivity index (χ4v) is 2.37. The number of benzene rings is 1. The molecule has 0 aliphatic heterocycles. The van der Waals surface area contributed by atoms with E-state index in [0.717, 1.165) is 24.2 Å². The number of nitrogen functional groups attached to an aromatic ring is 1. The number of halogens is 1. The molecule has 2 rings (SSSR count). The van der Waals surface area contributed by atoms with Crippen LogP contribution in [0.2, 0.25) is 0 Å². The molecule has 19 heavy (non-hydrogen) atoms. The number of amides is 1.